The third-order valence-corrected chi connectivity index (χ3v) is 6.31. The molecule has 0 radical (unpaired) electrons. The first-order valence-electron chi connectivity index (χ1n) is 7.79. The Morgan fingerprint density at radius 1 is 1.00 bits per heavy atom. The van der Waals surface area contributed by atoms with Gasteiger partial charge in [-0.3, -0.25) is 9.59 Å². The smallest absolute Gasteiger partial charge is 0.435 e. The predicted octanol–water partition coefficient (Wildman–Crippen LogP) is 3.49. The van der Waals surface area contributed by atoms with E-state index in [9.17, 15) is 19.2 Å². The number of carbonyl (C=O) groups excluding carboxylic acids is 4. The molecule has 0 spiro atoms. The number of halogens is 3. The summed E-state index contributed by atoms with van der Waals surface area (Å²) in [6, 6.07) is 0. The Hall–Kier alpha value is -0.910. The van der Waals surface area contributed by atoms with Gasteiger partial charge in [0.15, 0.2) is 0 Å². The van der Waals surface area contributed by atoms with Crippen LogP contribution in [0.4, 0.5) is 10.5 Å². The SMILES string of the molecule is CCOC(=O)OC(C)OC(=O)c1c(I)c(NC(C)=O)c(I)c(C(=O)NC)c1I. The van der Waals surface area contributed by atoms with Crippen molar-refractivity contribution >= 4 is 97.4 Å². The molecular weight excluding hydrogens is 713 g/mol. The first-order valence-corrected chi connectivity index (χ1v) is 11.0. The molecule has 1 aromatic carbocycles. The normalized spacial score (nSPS) is 11.2. The van der Waals surface area contributed by atoms with Crippen molar-refractivity contribution in [2.45, 2.75) is 27.1 Å². The quantitative estimate of drug-likeness (QED) is 0.262. The molecule has 1 rings (SSSR count). The maximum Gasteiger partial charge on any atom is 0.511 e. The molecular formula is C16H17I3N2O7. The van der Waals surface area contributed by atoms with E-state index in [1.54, 1.807) is 6.92 Å². The van der Waals surface area contributed by atoms with E-state index in [-0.39, 0.29) is 23.6 Å². The molecule has 0 bridgehead atoms. The van der Waals surface area contributed by atoms with Crippen molar-refractivity contribution in [3.8, 4) is 0 Å². The number of anilines is 1. The molecule has 0 fully saturated rings. The van der Waals surface area contributed by atoms with Crippen LogP contribution in [0.2, 0.25) is 0 Å². The Kier molecular flexibility index (Phi) is 10.2. The van der Waals surface area contributed by atoms with Crippen LogP contribution in [-0.2, 0) is 19.0 Å². The summed E-state index contributed by atoms with van der Waals surface area (Å²) >= 11 is 5.69. The minimum Gasteiger partial charge on any atom is -0.435 e. The zero-order valence-electron chi connectivity index (χ0n) is 15.3. The third kappa shape index (κ3) is 6.30. The minimum atomic E-state index is -1.22. The van der Waals surface area contributed by atoms with E-state index in [1.807, 2.05) is 67.8 Å². The van der Waals surface area contributed by atoms with Crippen molar-refractivity contribution in [1.82, 2.24) is 5.32 Å². The highest BCUT2D eigenvalue weighted by Crippen LogP contribution is 2.36. The van der Waals surface area contributed by atoms with Crippen molar-refractivity contribution < 1.29 is 33.4 Å². The first kappa shape index (κ1) is 25.1. The topological polar surface area (TPSA) is 120 Å². The number of ether oxygens (including phenoxy) is 3. The monoisotopic (exact) mass is 730 g/mol. The van der Waals surface area contributed by atoms with Crippen LogP contribution in [0.3, 0.4) is 0 Å². The standard InChI is InChI=1S/C16H17I3N2O7/c1-5-26-16(25)28-7(3)27-15(24)9-10(17)8(14(23)20-4)11(18)13(12(9)19)21-6(2)22/h7H,5H2,1-4H3,(H,20,23)(H,21,22). The van der Waals surface area contributed by atoms with Crippen molar-refractivity contribution in [2.75, 3.05) is 19.0 Å². The largest absolute Gasteiger partial charge is 0.511 e. The highest BCUT2D eigenvalue weighted by Gasteiger charge is 2.30. The first-order chi connectivity index (χ1) is 13.0. The Balaban J connectivity index is 3.40. The molecule has 154 valence electrons. The number of carbonyl (C=O) groups is 4. The fourth-order valence-corrected chi connectivity index (χ4v) is 6.34. The molecule has 28 heavy (non-hydrogen) atoms. The fraction of sp³-hybridized carbons (Fsp3) is 0.375. The molecule has 2 N–H and O–H groups in total. The Morgan fingerprint density at radius 2 is 1.57 bits per heavy atom. The van der Waals surface area contributed by atoms with Crippen molar-refractivity contribution in [2.24, 2.45) is 0 Å². The summed E-state index contributed by atoms with van der Waals surface area (Å²) in [5, 5.41) is 5.14. The van der Waals surface area contributed by atoms with E-state index in [1.165, 1.54) is 20.9 Å². The van der Waals surface area contributed by atoms with Gasteiger partial charge in [0.05, 0.1) is 30.6 Å². The Morgan fingerprint density at radius 3 is 2.07 bits per heavy atom. The molecule has 0 aliphatic carbocycles. The van der Waals surface area contributed by atoms with E-state index >= 15 is 0 Å². The highest BCUT2D eigenvalue weighted by molar-refractivity contribution is 14.1. The van der Waals surface area contributed by atoms with Crippen LogP contribution in [0, 0.1) is 10.7 Å². The molecule has 2 amide bonds. The van der Waals surface area contributed by atoms with E-state index in [2.05, 4.69) is 15.4 Å². The van der Waals surface area contributed by atoms with Crippen LogP contribution in [0.25, 0.3) is 0 Å². The number of nitrogens with one attached hydrogen (secondary N) is 2. The van der Waals surface area contributed by atoms with Crippen LogP contribution in [0.5, 0.6) is 0 Å². The fourth-order valence-electron chi connectivity index (χ4n) is 1.97. The van der Waals surface area contributed by atoms with Crippen molar-refractivity contribution in [3.63, 3.8) is 0 Å². The maximum atomic E-state index is 12.7. The second-order valence-corrected chi connectivity index (χ2v) is 8.34. The molecule has 0 heterocycles. The van der Waals surface area contributed by atoms with E-state index < -0.39 is 24.3 Å². The zero-order chi connectivity index (χ0) is 21.6. The Bertz CT molecular complexity index is 814. The van der Waals surface area contributed by atoms with Crippen LogP contribution in [0.15, 0.2) is 0 Å². The zero-order valence-corrected chi connectivity index (χ0v) is 21.7. The van der Waals surface area contributed by atoms with Gasteiger partial charge in [0.2, 0.25) is 12.2 Å². The second kappa shape index (κ2) is 11.3. The summed E-state index contributed by atoms with van der Waals surface area (Å²) in [7, 11) is 1.46. The van der Waals surface area contributed by atoms with Gasteiger partial charge in [-0.25, -0.2) is 9.59 Å². The van der Waals surface area contributed by atoms with Crippen molar-refractivity contribution in [1.29, 1.82) is 0 Å². The summed E-state index contributed by atoms with van der Waals surface area (Å²) in [5.41, 5.74) is 0.612. The summed E-state index contributed by atoms with van der Waals surface area (Å²) in [5.74, 6) is -1.61. The van der Waals surface area contributed by atoms with Crippen LogP contribution >= 0.6 is 67.8 Å². The third-order valence-electron chi connectivity index (χ3n) is 3.07. The lowest BCUT2D eigenvalue weighted by molar-refractivity contribution is -0.114. The van der Waals surface area contributed by atoms with Gasteiger partial charge in [0, 0.05) is 24.5 Å². The van der Waals surface area contributed by atoms with Gasteiger partial charge in [-0.15, -0.1) is 0 Å². The molecule has 1 atom stereocenters. The number of hydrogen-bond donors (Lipinski definition) is 2. The maximum absolute atomic E-state index is 12.7. The van der Waals surface area contributed by atoms with Gasteiger partial charge < -0.3 is 24.8 Å². The number of amides is 2. The number of hydrogen-bond acceptors (Lipinski definition) is 7. The lowest BCUT2D eigenvalue weighted by Crippen LogP contribution is -2.27. The van der Waals surface area contributed by atoms with E-state index in [4.69, 9.17) is 9.47 Å². The predicted molar refractivity (Wildman–Crippen MR) is 125 cm³/mol. The van der Waals surface area contributed by atoms with Crippen molar-refractivity contribution in [3.05, 3.63) is 21.8 Å². The lowest BCUT2D eigenvalue weighted by Gasteiger charge is -2.19. The average Bonchev–Trinajstić information content (AvgIpc) is 2.58. The minimum absolute atomic E-state index is 0.0725. The van der Waals surface area contributed by atoms with Gasteiger partial charge in [0.25, 0.3) is 5.91 Å². The summed E-state index contributed by atoms with van der Waals surface area (Å²) in [4.78, 5) is 48.0. The molecule has 9 nitrogen and oxygen atoms in total. The van der Waals surface area contributed by atoms with Gasteiger partial charge >= 0.3 is 12.1 Å². The summed E-state index contributed by atoms with van der Waals surface area (Å²) in [6.07, 6.45) is -2.19. The summed E-state index contributed by atoms with van der Waals surface area (Å²) in [6.45, 7) is 4.40. The van der Waals surface area contributed by atoms with E-state index in [0.29, 0.717) is 16.4 Å². The molecule has 1 aromatic rings. The van der Waals surface area contributed by atoms with Crippen LogP contribution in [0.1, 0.15) is 41.5 Å². The van der Waals surface area contributed by atoms with Crippen LogP contribution < -0.4 is 10.6 Å². The number of rotatable bonds is 6. The van der Waals surface area contributed by atoms with Gasteiger partial charge in [0.1, 0.15) is 0 Å². The average molecular weight is 730 g/mol. The van der Waals surface area contributed by atoms with E-state index in [0.717, 1.165) is 0 Å². The molecule has 0 saturated heterocycles. The van der Waals surface area contributed by atoms with Gasteiger partial charge in [-0.1, -0.05) is 0 Å². The molecule has 0 aromatic heterocycles. The molecule has 1 unspecified atom stereocenters. The molecule has 0 aliphatic rings. The second-order valence-electron chi connectivity index (χ2n) is 5.10. The Labute approximate surface area is 202 Å². The number of benzene rings is 1. The van der Waals surface area contributed by atoms with Crippen LogP contribution in [-0.4, -0.2) is 43.9 Å². The molecule has 0 aliphatic heterocycles. The molecule has 12 heteroatoms. The molecule has 0 saturated carbocycles. The van der Waals surface area contributed by atoms with Gasteiger partial charge in [-0.05, 0) is 74.7 Å². The number of esters is 1. The highest BCUT2D eigenvalue weighted by atomic mass is 127. The summed E-state index contributed by atoms with van der Waals surface area (Å²) < 4.78 is 15.8. The lowest BCUT2D eigenvalue weighted by atomic mass is 10.1. The van der Waals surface area contributed by atoms with Gasteiger partial charge in [-0.2, -0.15) is 0 Å².